The van der Waals surface area contributed by atoms with E-state index in [2.05, 4.69) is 6.92 Å². The highest BCUT2D eigenvalue weighted by Gasteiger charge is 2.28. The van der Waals surface area contributed by atoms with Crippen molar-refractivity contribution >= 4 is 5.91 Å². The Hall–Kier alpha value is -1.35. The van der Waals surface area contributed by atoms with Crippen LogP contribution < -0.4 is 5.73 Å². The second-order valence-electron chi connectivity index (χ2n) is 4.82. The van der Waals surface area contributed by atoms with Gasteiger partial charge in [-0.1, -0.05) is 30.3 Å². The zero-order valence-corrected chi connectivity index (χ0v) is 10.3. The molecule has 0 radical (unpaired) electrons. The van der Waals surface area contributed by atoms with Gasteiger partial charge in [0.15, 0.2) is 0 Å². The smallest absolute Gasteiger partial charge is 0.240 e. The average Bonchev–Trinajstić information content (AvgIpc) is 2.76. The molecular weight excluding hydrogens is 212 g/mol. The average molecular weight is 232 g/mol. The van der Waals surface area contributed by atoms with Crippen LogP contribution in [0.25, 0.3) is 0 Å². The molecule has 1 heterocycles. The number of nitrogens with zero attached hydrogens (tertiary/aromatic N) is 1. The fourth-order valence-electron chi connectivity index (χ4n) is 2.43. The Kier molecular flexibility index (Phi) is 3.79. The number of hydrogen-bond donors (Lipinski definition) is 1. The van der Waals surface area contributed by atoms with E-state index in [0.717, 1.165) is 24.9 Å². The summed E-state index contributed by atoms with van der Waals surface area (Å²) in [6, 6.07) is 9.90. The minimum Gasteiger partial charge on any atom is -0.339 e. The van der Waals surface area contributed by atoms with Crippen LogP contribution in [0.2, 0.25) is 0 Å². The SMILES string of the molecule is CC1CCCN1C(=O)[C@@H](N)Cc1ccccc1. The van der Waals surface area contributed by atoms with E-state index in [1.165, 1.54) is 0 Å². The summed E-state index contributed by atoms with van der Waals surface area (Å²) in [5, 5.41) is 0. The zero-order chi connectivity index (χ0) is 12.3. The van der Waals surface area contributed by atoms with E-state index in [1.54, 1.807) is 0 Å². The van der Waals surface area contributed by atoms with Gasteiger partial charge in [-0.05, 0) is 31.7 Å². The van der Waals surface area contributed by atoms with Gasteiger partial charge in [0, 0.05) is 12.6 Å². The molecule has 1 saturated heterocycles. The number of benzene rings is 1. The van der Waals surface area contributed by atoms with Crippen LogP contribution in [0, 0.1) is 0 Å². The number of hydrogen-bond acceptors (Lipinski definition) is 2. The summed E-state index contributed by atoms with van der Waals surface area (Å²) in [5.74, 6) is 0.0962. The summed E-state index contributed by atoms with van der Waals surface area (Å²) in [4.78, 5) is 14.1. The lowest BCUT2D eigenvalue weighted by atomic mass is 10.1. The van der Waals surface area contributed by atoms with E-state index in [9.17, 15) is 4.79 Å². The molecular formula is C14H20N2O. The van der Waals surface area contributed by atoms with Gasteiger partial charge in [-0.2, -0.15) is 0 Å². The van der Waals surface area contributed by atoms with E-state index in [-0.39, 0.29) is 5.91 Å². The first-order valence-electron chi connectivity index (χ1n) is 6.28. The molecule has 3 nitrogen and oxygen atoms in total. The molecule has 0 aromatic heterocycles. The third kappa shape index (κ3) is 2.86. The van der Waals surface area contributed by atoms with Gasteiger partial charge in [0.2, 0.25) is 5.91 Å². The summed E-state index contributed by atoms with van der Waals surface area (Å²) in [6.45, 7) is 2.96. The molecule has 0 bridgehead atoms. The third-order valence-electron chi connectivity index (χ3n) is 3.45. The molecule has 3 heteroatoms. The number of amides is 1. The molecule has 2 N–H and O–H groups in total. The molecule has 1 fully saturated rings. The molecule has 1 amide bonds. The molecule has 1 aliphatic heterocycles. The predicted octanol–water partition coefficient (Wildman–Crippen LogP) is 1.57. The van der Waals surface area contributed by atoms with E-state index in [1.807, 2.05) is 35.2 Å². The van der Waals surface area contributed by atoms with Crippen molar-refractivity contribution in [2.75, 3.05) is 6.54 Å². The standard InChI is InChI=1S/C14H20N2O/c1-11-6-5-9-16(11)14(17)13(15)10-12-7-3-2-4-8-12/h2-4,7-8,11,13H,5-6,9-10,15H2,1H3/t11?,13-/m0/s1. The lowest BCUT2D eigenvalue weighted by Gasteiger charge is -2.24. The highest BCUT2D eigenvalue weighted by Crippen LogP contribution is 2.17. The molecule has 2 rings (SSSR count). The van der Waals surface area contributed by atoms with E-state index in [0.29, 0.717) is 12.5 Å². The Labute approximate surface area is 103 Å². The Bertz CT molecular complexity index is 377. The molecule has 1 aromatic carbocycles. The first-order valence-corrected chi connectivity index (χ1v) is 6.28. The second kappa shape index (κ2) is 5.32. The van der Waals surface area contributed by atoms with E-state index < -0.39 is 6.04 Å². The lowest BCUT2D eigenvalue weighted by Crippen LogP contribution is -2.46. The van der Waals surface area contributed by atoms with Gasteiger partial charge in [0.05, 0.1) is 6.04 Å². The molecule has 92 valence electrons. The van der Waals surface area contributed by atoms with Gasteiger partial charge in [0.25, 0.3) is 0 Å². The number of carbonyl (C=O) groups is 1. The fourth-order valence-corrected chi connectivity index (χ4v) is 2.43. The van der Waals surface area contributed by atoms with Crippen molar-refractivity contribution in [3.63, 3.8) is 0 Å². The van der Waals surface area contributed by atoms with E-state index in [4.69, 9.17) is 5.73 Å². The Morgan fingerprint density at radius 3 is 2.76 bits per heavy atom. The maximum absolute atomic E-state index is 12.2. The van der Waals surface area contributed by atoms with Crippen molar-refractivity contribution in [2.45, 2.75) is 38.3 Å². The van der Waals surface area contributed by atoms with Crippen LogP contribution in [0.3, 0.4) is 0 Å². The lowest BCUT2D eigenvalue weighted by molar-refractivity contribution is -0.133. The Balaban J connectivity index is 1.96. The van der Waals surface area contributed by atoms with Crippen LogP contribution in [0.15, 0.2) is 30.3 Å². The predicted molar refractivity (Wildman–Crippen MR) is 68.5 cm³/mol. The van der Waals surface area contributed by atoms with Crippen LogP contribution in [-0.2, 0) is 11.2 Å². The molecule has 0 spiro atoms. The summed E-state index contributed by atoms with van der Waals surface area (Å²) >= 11 is 0. The topological polar surface area (TPSA) is 46.3 Å². The largest absolute Gasteiger partial charge is 0.339 e. The minimum absolute atomic E-state index is 0.0962. The highest BCUT2D eigenvalue weighted by molar-refractivity contribution is 5.82. The normalized spacial score (nSPS) is 21.5. The van der Waals surface area contributed by atoms with Crippen LogP contribution >= 0.6 is 0 Å². The van der Waals surface area contributed by atoms with Crippen LogP contribution in [-0.4, -0.2) is 29.4 Å². The molecule has 2 atom stereocenters. The van der Waals surface area contributed by atoms with Gasteiger partial charge in [-0.3, -0.25) is 4.79 Å². The van der Waals surface area contributed by atoms with Crippen molar-refractivity contribution in [1.29, 1.82) is 0 Å². The first kappa shape index (κ1) is 12.1. The minimum atomic E-state index is -0.405. The van der Waals surface area contributed by atoms with Gasteiger partial charge in [-0.25, -0.2) is 0 Å². The van der Waals surface area contributed by atoms with Crippen molar-refractivity contribution in [3.05, 3.63) is 35.9 Å². The molecule has 1 aromatic rings. The quantitative estimate of drug-likeness (QED) is 0.859. The summed E-state index contributed by atoms with van der Waals surface area (Å²) in [5.41, 5.74) is 7.13. The molecule has 1 aliphatic rings. The van der Waals surface area contributed by atoms with E-state index >= 15 is 0 Å². The van der Waals surface area contributed by atoms with Crippen molar-refractivity contribution in [2.24, 2.45) is 5.73 Å². The molecule has 17 heavy (non-hydrogen) atoms. The number of likely N-dealkylation sites (tertiary alicyclic amines) is 1. The number of rotatable bonds is 3. The summed E-state index contributed by atoms with van der Waals surface area (Å²) in [6.07, 6.45) is 2.83. The van der Waals surface area contributed by atoms with Gasteiger partial charge >= 0.3 is 0 Å². The van der Waals surface area contributed by atoms with Gasteiger partial charge < -0.3 is 10.6 Å². The molecule has 0 saturated carbocycles. The van der Waals surface area contributed by atoms with Crippen molar-refractivity contribution < 1.29 is 4.79 Å². The summed E-state index contributed by atoms with van der Waals surface area (Å²) < 4.78 is 0. The zero-order valence-electron chi connectivity index (χ0n) is 10.3. The van der Waals surface area contributed by atoms with Crippen LogP contribution in [0.4, 0.5) is 0 Å². The maximum atomic E-state index is 12.2. The number of carbonyl (C=O) groups excluding carboxylic acids is 1. The van der Waals surface area contributed by atoms with Crippen molar-refractivity contribution in [3.8, 4) is 0 Å². The van der Waals surface area contributed by atoms with Crippen LogP contribution in [0.1, 0.15) is 25.3 Å². The van der Waals surface area contributed by atoms with Gasteiger partial charge in [0.1, 0.15) is 0 Å². The van der Waals surface area contributed by atoms with Gasteiger partial charge in [-0.15, -0.1) is 0 Å². The first-order chi connectivity index (χ1) is 8.18. The highest BCUT2D eigenvalue weighted by atomic mass is 16.2. The van der Waals surface area contributed by atoms with Crippen LogP contribution in [0.5, 0.6) is 0 Å². The third-order valence-corrected chi connectivity index (χ3v) is 3.45. The summed E-state index contributed by atoms with van der Waals surface area (Å²) in [7, 11) is 0. The second-order valence-corrected chi connectivity index (χ2v) is 4.82. The monoisotopic (exact) mass is 232 g/mol. The Morgan fingerprint density at radius 1 is 1.47 bits per heavy atom. The number of nitrogens with two attached hydrogens (primary N) is 1. The molecule has 0 aliphatic carbocycles. The van der Waals surface area contributed by atoms with Crippen molar-refractivity contribution in [1.82, 2.24) is 4.90 Å². The fraction of sp³-hybridized carbons (Fsp3) is 0.500. The Morgan fingerprint density at radius 2 is 2.18 bits per heavy atom. The molecule has 1 unspecified atom stereocenters. The maximum Gasteiger partial charge on any atom is 0.240 e.